The molecule has 1 aliphatic rings. The molecule has 96 valence electrons. The van der Waals surface area contributed by atoms with E-state index in [1.165, 1.54) is 28.8 Å². The molecule has 0 spiro atoms. The van der Waals surface area contributed by atoms with Crippen molar-refractivity contribution in [1.82, 2.24) is 4.90 Å². The van der Waals surface area contributed by atoms with E-state index in [9.17, 15) is 14.7 Å². The average Bonchev–Trinajstić information content (AvgIpc) is 2.71. The standard InChI is InChI=1S/C12H13NO4S/c1-7-13(9(6-18-7)12(16)17)11(15)8-4-2-3-5-10(8)14/h2-5,7,9,14H,6H2,1H3,(H,16,17). The molecule has 0 radical (unpaired) electrons. The number of para-hydroxylation sites is 1. The van der Waals surface area contributed by atoms with E-state index in [0.717, 1.165) is 0 Å². The Morgan fingerprint density at radius 3 is 2.67 bits per heavy atom. The van der Waals surface area contributed by atoms with Gasteiger partial charge in [-0.05, 0) is 19.1 Å². The van der Waals surface area contributed by atoms with Crippen LogP contribution in [0.15, 0.2) is 24.3 Å². The maximum atomic E-state index is 12.3. The molecule has 1 saturated heterocycles. The summed E-state index contributed by atoms with van der Waals surface area (Å²) in [5, 5.41) is 18.5. The van der Waals surface area contributed by atoms with Crippen molar-refractivity contribution in [3.05, 3.63) is 29.8 Å². The van der Waals surface area contributed by atoms with Gasteiger partial charge in [0.2, 0.25) is 0 Å². The van der Waals surface area contributed by atoms with Crippen molar-refractivity contribution in [2.45, 2.75) is 18.3 Å². The van der Waals surface area contributed by atoms with Crippen LogP contribution in [0.3, 0.4) is 0 Å². The summed E-state index contributed by atoms with van der Waals surface area (Å²) in [5.41, 5.74) is 0.137. The third-order valence-electron chi connectivity index (χ3n) is 2.88. The molecule has 0 aliphatic carbocycles. The molecule has 2 N–H and O–H groups in total. The molecule has 1 fully saturated rings. The highest BCUT2D eigenvalue weighted by Crippen LogP contribution is 2.31. The predicted molar refractivity (Wildman–Crippen MR) is 67.6 cm³/mol. The van der Waals surface area contributed by atoms with E-state index >= 15 is 0 Å². The van der Waals surface area contributed by atoms with Crippen molar-refractivity contribution in [2.75, 3.05) is 5.75 Å². The van der Waals surface area contributed by atoms with Crippen molar-refractivity contribution in [3.8, 4) is 5.75 Å². The van der Waals surface area contributed by atoms with Crippen LogP contribution in [-0.2, 0) is 4.79 Å². The summed E-state index contributed by atoms with van der Waals surface area (Å²) in [5.74, 6) is -1.22. The van der Waals surface area contributed by atoms with E-state index in [2.05, 4.69) is 0 Å². The molecule has 0 saturated carbocycles. The summed E-state index contributed by atoms with van der Waals surface area (Å²) in [6.07, 6.45) is 0. The number of carboxylic acid groups (broad SMARTS) is 1. The second-order valence-corrected chi connectivity index (χ2v) is 5.37. The number of hydrogen-bond donors (Lipinski definition) is 2. The molecule has 0 bridgehead atoms. The van der Waals surface area contributed by atoms with Gasteiger partial charge in [0.1, 0.15) is 11.8 Å². The zero-order chi connectivity index (χ0) is 13.3. The number of carbonyl (C=O) groups is 2. The Kier molecular flexibility index (Phi) is 3.47. The molecule has 18 heavy (non-hydrogen) atoms. The number of carbonyl (C=O) groups excluding carboxylic acids is 1. The number of rotatable bonds is 2. The lowest BCUT2D eigenvalue weighted by atomic mass is 10.1. The molecule has 1 aromatic carbocycles. The van der Waals surface area contributed by atoms with E-state index in [1.807, 2.05) is 0 Å². The first kappa shape index (κ1) is 12.8. The Morgan fingerprint density at radius 2 is 2.06 bits per heavy atom. The topological polar surface area (TPSA) is 77.8 Å². The summed E-state index contributed by atoms with van der Waals surface area (Å²) in [4.78, 5) is 24.7. The van der Waals surface area contributed by atoms with E-state index in [0.29, 0.717) is 5.75 Å². The molecule has 2 unspecified atom stereocenters. The Morgan fingerprint density at radius 1 is 1.39 bits per heavy atom. The molecule has 1 amide bonds. The Bertz CT molecular complexity index is 491. The lowest BCUT2D eigenvalue weighted by Gasteiger charge is -2.25. The number of benzene rings is 1. The number of aromatic hydroxyl groups is 1. The molecular formula is C12H13NO4S. The number of amides is 1. The van der Waals surface area contributed by atoms with Crippen LogP contribution in [-0.4, -0.2) is 44.2 Å². The van der Waals surface area contributed by atoms with Gasteiger partial charge in [-0.1, -0.05) is 12.1 Å². The Balaban J connectivity index is 2.33. The van der Waals surface area contributed by atoms with Gasteiger partial charge >= 0.3 is 5.97 Å². The van der Waals surface area contributed by atoms with Gasteiger partial charge < -0.3 is 15.1 Å². The van der Waals surface area contributed by atoms with Crippen LogP contribution in [0.1, 0.15) is 17.3 Å². The SMILES string of the molecule is CC1SCC(C(=O)O)N1C(=O)c1ccccc1O. The highest BCUT2D eigenvalue weighted by molar-refractivity contribution is 8.00. The van der Waals surface area contributed by atoms with Crippen molar-refractivity contribution in [3.63, 3.8) is 0 Å². The molecule has 0 aromatic heterocycles. The number of phenols is 1. The first-order valence-corrected chi connectivity index (χ1v) is 6.52. The molecular weight excluding hydrogens is 254 g/mol. The van der Waals surface area contributed by atoms with Gasteiger partial charge in [0.15, 0.2) is 0 Å². The van der Waals surface area contributed by atoms with Crippen molar-refractivity contribution in [1.29, 1.82) is 0 Å². The summed E-state index contributed by atoms with van der Waals surface area (Å²) in [7, 11) is 0. The maximum absolute atomic E-state index is 12.3. The largest absolute Gasteiger partial charge is 0.507 e. The fourth-order valence-corrected chi connectivity index (χ4v) is 3.10. The van der Waals surface area contributed by atoms with Gasteiger partial charge in [0.25, 0.3) is 5.91 Å². The predicted octanol–water partition coefficient (Wildman–Crippen LogP) is 1.38. The van der Waals surface area contributed by atoms with Crippen LogP contribution in [0.25, 0.3) is 0 Å². The van der Waals surface area contributed by atoms with Gasteiger partial charge in [-0.3, -0.25) is 4.79 Å². The molecule has 1 aliphatic heterocycles. The molecule has 5 nitrogen and oxygen atoms in total. The summed E-state index contributed by atoms with van der Waals surface area (Å²) >= 11 is 1.41. The summed E-state index contributed by atoms with van der Waals surface area (Å²) in [6, 6.07) is 5.32. The van der Waals surface area contributed by atoms with E-state index in [-0.39, 0.29) is 16.7 Å². The number of hydrogen-bond acceptors (Lipinski definition) is 4. The van der Waals surface area contributed by atoms with Crippen LogP contribution < -0.4 is 0 Å². The molecule has 2 atom stereocenters. The maximum Gasteiger partial charge on any atom is 0.327 e. The molecule has 1 heterocycles. The second kappa shape index (κ2) is 4.89. The Hall–Kier alpha value is -1.69. The zero-order valence-corrected chi connectivity index (χ0v) is 10.6. The highest BCUT2D eigenvalue weighted by atomic mass is 32.2. The molecule has 1 aromatic rings. The van der Waals surface area contributed by atoms with Crippen molar-refractivity contribution < 1.29 is 19.8 Å². The second-order valence-electron chi connectivity index (χ2n) is 4.02. The molecule has 6 heteroatoms. The van der Waals surface area contributed by atoms with Gasteiger partial charge in [-0.15, -0.1) is 11.8 Å². The smallest absolute Gasteiger partial charge is 0.327 e. The quantitative estimate of drug-likeness (QED) is 0.846. The van der Waals surface area contributed by atoms with Crippen LogP contribution in [0.4, 0.5) is 0 Å². The van der Waals surface area contributed by atoms with Crippen molar-refractivity contribution >= 4 is 23.6 Å². The van der Waals surface area contributed by atoms with Crippen LogP contribution in [0.5, 0.6) is 5.75 Å². The van der Waals surface area contributed by atoms with Crippen LogP contribution in [0, 0.1) is 0 Å². The number of aliphatic carboxylic acids is 1. The van der Waals surface area contributed by atoms with Gasteiger partial charge in [-0.2, -0.15) is 0 Å². The summed E-state index contributed by atoms with van der Waals surface area (Å²) in [6.45, 7) is 1.78. The highest BCUT2D eigenvalue weighted by Gasteiger charge is 2.40. The Labute approximate surface area is 108 Å². The lowest BCUT2D eigenvalue weighted by Crippen LogP contribution is -2.44. The minimum absolute atomic E-state index is 0.129. The normalized spacial score (nSPS) is 23.1. The number of thioether (sulfide) groups is 1. The number of carboxylic acids is 1. The van der Waals surface area contributed by atoms with E-state index in [4.69, 9.17) is 5.11 Å². The first-order chi connectivity index (χ1) is 8.52. The van der Waals surface area contributed by atoms with Crippen LogP contribution in [0.2, 0.25) is 0 Å². The van der Waals surface area contributed by atoms with Crippen LogP contribution >= 0.6 is 11.8 Å². The zero-order valence-electron chi connectivity index (χ0n) is 9.74. The third-order valence-corrected chi connectivity index (χ3v) is 4.09. The lowest BCUT2D eigenvalue weighted by molar-refractivity contribution is -0.141. The van der Waals surface area contributed by atoms with Gasteiger partial charge in [0, 0.05) is 5.75 Å². The fourth-order valence-electron chi connectivity index (χ4n) is 1.93. The van der Waals surface area contributed by atoms with E-state index in [1.54, 1.807) is 19.1 Å². The monoisotopic (exact) mass is 267 g/mol. The fraction of sp³-hybridized carbons (Fsp3) is 0.333. The minimum Gasteiger partial charge on any atom is -0.507 e. The van der Waals surface area contributed by atoms with Gasteiger partial charge in [-0.25, -0.2) is 4.79 Å². The van der Waals surface area contributed by atoms with Crippen molar-refractivity contribution in [2.24, 2.45) is 0 Å². The number of nitrogens with zero attached hydrogens (tertiary/aromatic N) is 1. The van der Waals surface area contributed by atoms with Gasteiger partial charge in [0.05, 0.1) is 10.9 Å². The van der Waals surface area contributed by atoms with E-state index < -0.39 is 17.9 Å². The average molecular weight is 267 g/mol. The number of phenolic OH excluding ortho intramolecular Hbond substituents is 1. The minimum atomic E-state index is -1.02. The first-order valence-electron chi connectivity index (χ1n) is 5.47. The molecule has 2 rings (SSSR count). The summed E-state index contributed by atoms with van der Waals surface area (Å²) < 4.78 is 0. The third kappa shape index (κ3) is 2.15.